The van der Waals surface area contributed by atoms with Crippen LogP contribution >= 0.6 is 0 Å². The Balaban J connectivity index is 1.39. The molecule has 2 saturated heterocycles. The summed E-state index contributed by atoms with van der Waals surface area (Å²) < 4.78 is 18.8. The molecule has 1 aromatic rings. The summed E-state index contributed by atoms with van der Waals surface area (Å²) in [5.41, 5.74) is 0.509. The summed E-state index contributed by atoms with van der Waals surface area (Å²) in [7, 11) is 0. The minimum absolute atomic E-state index is 0.0641. The molecule has 1 saturated carbocycles. The molecular formula is C21H28FN3O3. The van der Waals surface area contributed by atoms with Gasteiger partial charge in [0.2, 0.25) is 5.91 Å². The maximum atomic E-state index is 13.3. The number of halogens is 1. The first-order valence-corrected chi connectivity index (χ1v) is 10.2. The van der Waals surface area contributed by atoms with E-state index >= 15 is 0 Å². The lowest BCUT2D eigenvalue weighted by molar-refractivity contribution is -0.129. The largest absolute Gasteiger partial charge is 0.381 e. The zero-order valence-corrected chi connectivity index (χ0v) is 16.1. The van der Waals surface area contributed by atoms with Gasteiger partial charge in [0.05, 0.1) is 5.92 Å². The van der Waals surface area contributed by atoms with Crippen molar-refractivity contribution >= 4 is 11.9 Å². The van der Waals surface area contributed by atoms with E-state index in [4.69, 9.17) is 4.74 Å². The predicted octanol–water partition coefficient (Wildman–Crippen LogP) is 2.29. The van der Waals surface area contributed by atoms with Gasteiger partial charge in [-0.15, -0.1) is 0 Å². The lowest BCUT2D eigenvalue weighted by Gasteiger charge is -2.37. The van der Waals surface area contributed by atoms with Crippen LogP contribution in [0.3, 0.4) is 0 Å². The summed E-state index contributed by atoms with van der Waals surface area (Å²) in [5, 5.41) is 5.97. The molecule has 2 heterocycles. The molecule has 1 aliphatic carbocycles. The fraction of sp³-hybridized carbons (Fsp3) is 0.619. The summed E-state index contributed by atoms with van der Waals surface area (Å²) in [6.07, 6.45) is 3.97. The number of rotatable bonds is 5. The molecule has 0 aromatic heterocycles. The second-order valence-electron chi connectivity index (χ2n) is 8.39. The normalized spacial score (nSPS) is 23.6. The van der Waals surface area contributed by atoms with Crippen LogP contribution in [0.2, 0.25) is 0 Å². The highest BCUT2D eigenvalue weighted by atomic mass is 19.1. The van der Waals surface area contributed by atoms with Crippen LogP contribution in [-0.4, -0.2) is 49.7 Å². The van der Waals surface area contributed by atoms with Crippen LogP contribution < -0.4 is 10.6 Å². The molecule has 3 fully saturated rings. The van der Waals surface area contributed by atoms with Crippen molar-refractivity contribution in [2.75, 3.05) is 32.8 Å². The molecule has 1 aromatic carbocycles. The number of amides is 3. The Morgan fingerprint density at radius 3 is 2.71 bits per heavy atom. The van der Waals surface area contributed by atoms with Gasteiger partial charge in [-0.2, -0.15) is 0 Å². The topological polar surface area (TPSA) is 70.7 Å². The van der Waals surface area contributed by atoms with Crippen LogP contribution in [0.15, 0.2) is 24.3 Å². The zero-order chi connectivity index (χ0) is 19.6. The Bertz CT molecular complexity index is 731. The van der Waals surface area contributed by atoms with Crippen LogP contribution in [0, 0.1) is 23.1 Å². The monoisotopic (exact) mass is 389 g/mol. The zero-order valence-electron chi connectivity index (χ0n) is 16.1. The van der Waals surface area contributed by atoms with Gasteiger partial charge < -0.3 is 20.3 Å². The van der Waals surface area contributed by atoms with E-state index in [9.17, 15) is 14.0 Å². The Morgan fingerprint density at radius 1 is 1.21 bits per heavy atom. The highest BCUT2D eigenvalue weighted by molar-refractivity contribution is 5.82. The number of nitrogens with one attached hydrogen (secondary N) is 2. The molecule has 0 radical (unpaired) electrons. The average molecular weight is 389 g/mol. The summed E-state index contributed by atoms with van der Waals surface area (Å²) in [6, 6.07) is 6.00. The fourth-order valence-electron chi connectivity index (χ4n) is 4.40. The number of likely N-dealkylation sites (tertiary alicyclic amines) is 1. The SMILES string of the molecule is O=C(NCC1CC1)[C@@H]1CN(C(=O)NCc2cccc(F)c2)CC12CCOCC2. The Morgan fingerprint density at radius 2 is 2.00 bits per heavy atom. The third kappa shape index (κ3) is 4.29. The maximum Gasteiger partial charge on any atom is 0.317 e. The van der Waals surface area contributed by atoms with E-state index in [0.29, 0.717) is 37.8 Å². The Hall–Kier alpha value is -2.15. The highest BCUT2D eigenvalue weighted by Crippen LogP contribution is 2.44. The number of carbonyl (C=O) groups excluding carboxylic acids is 2. The van der Waals surface area contributed by atoms with Crippen molar-refractivity contribution in [3.8, 4) is 0 Å². The standard InChI is InChI=1S/C21H28FN3O3/c22-17-3-1-2-16(10-17)12-24-20(27)25-13-18(19(26)23-11-15-4-5-15)21(14-25)6-8-28-9-7-21/h1-3,10,15,18H,4-9,11-14H2,(H,23,26)(H,24,27)/t18-/m0/s1. The fourth-order valence-corrected chi connectivity index (χ4v) is 4.40. The molecule has 3 amide bonds. The first-order valence-electron chi connectivity index (χ1n) is 10.2. The summed E-state index contributed by atoms with van der Waals surface area (Å²) in [5.74, 6) is 0.174. The van der Waals surface area contributed by atoms with Crippen molar-refractivity contribution in [2.45, 2.75) is 32.2 Å². The lowest BCUT2D eigenvalue weighted by atomic mass is 9.72. The second-order valence-corrected chi connectivity index (χ2v) is 8.39. The van der Waals surface area contributed by atoms with E-state index in [-0.39, 0.29) is 35.6 Å². The molecule has 0 unspecified atom stereocenters. The molecule has 0 bridgehead atoms. The smallest absolute Gasteiger partial charge is 0.317 e. The third-order valence-corrected chi connectivity index (χ3v) is 6.33. The van der Waals surface area contributed by atoms with Gasteiger partial charge in [-0.25, -0.2) is 9.18 Å². The molecule has 7 heteroatoms. The molecule has 152 valence electrons. The average Bonchev–Trinajstić information content (AvgIpc) is 3.46. The minimum atomic E-state index is -0.318. The molecule has 1 spiro atoms. The van der Waals surface area contributed by atoms with Gasteiger partial charge in [0.1, 0.15) is 5.82 Å². The molecule has 28 heavy (non-hydrogen) atoms. The van der Waals surface area contributed by atoms with Gasteiger partial charge in [0.25, 0.3) is 0 Å². The van der Waals surface area contributed by atoms with Gasteiger partial charge in [-0.05, 0) is 49.3 Å². The van der Waals surface area contributed by atoms with Gasteiger partial charge in [-0.3, -0.25) is 4.79 Å². The Kier molecular flexibility index (Phi) is 5.53. The van der Waals surface area contributed by atoms with Crippen LogP contribution in [0.1, 0.15) is 31.2 Å². The predicted molar refractivity (Wildman–Crippen MR) is 102 cm³/mol. The van der Waals surface area contributed by atoms with E-state index in [1.165, 1.54) is 25.0 Å². The number of benzene rings is 1. The van der Waals surface area contributed by atoms with Crippen LogP contribution in [0.4, 0.5) is 9.18 Å². The third-order valence-electron chi connectivity index (χ3n) is 6.33. The molecule has 2 aliphatic heterocycles. The van der Waals surface area contributed by atoms with Crippen molar-refractivity contribution in [3.05, 3.63) is 35.6 Å². The Labute approximate surface area is 164 Å². The second kappa shape index (κ2) is 8.07. The summed E-state index contributed by atoms with van der Waals surface area (Å²) in [4.78, 5) is 27.4. The van der Waals surface area contributed by atoms with E-state index in [1.54, 1.807) is 17.0 Å². The maximum absolute atomic E-state index is 13.3. The van der Waals surface area contributed by atoms with Crippen molar-refractivity contribution < 1.29 is 18.7 Å². The van der Waals surface area contributed by atoms with Crippen molar-refractivity contribution in [1.29, 1.82) is 0 Å². The van der Waals surface area contributed by atoms with E-state index in [1.807, 2.05) is 0 Å². The van der Waals surface area contributed by atoms with Crippen LogP contribution in [0.25, 0.3) is 0 Å². The number of carbonyl (C=O) groups is 2. The van der Waals surface area contributed by atoms with E-state index in [0.717, 1.165) is 19.4 Å². The number of nitrogens with zero attached hydrogens (tertiary/aromatic N) is 1. The summed E-state index contributed by atoms with van der Waals surface area (Å²) >= 11 is 0. The van der Waals surface area contributed by atoms with Gasteiger partial charge >= 0.3 is 6.03 Å². The van der Waals surface area contributed by atoms with Crippen molar-refractivity contribution in [2.24, 2.45) is 17.3 Å². The first kappa shape index (κ1) is 19.2. The first-order chi connectivity index (χ1) is 13.6. The van der Waals surface area contributed by atoms with Crippen LogP contribution in [-0.2, 0) is 16.1 Å². The van der Waals surface area contributed by atoms with Crippen LogP contribution in [0.5, 0.6) is 0 Å². The molecule has 2 N–H and O–H groups in total. The molecule has 4 rings (SSSR count). The van der Waals surface area contributed by atoms with E-state index < -0.39 is 0 Å². The number of urea groups is 1. The van der Waals surface area contributed by atoms with Crippen molar-refractivity contribution in [1.82, 2.24) is 15.5 Å². The number of hydrogen-bond donors (Lipinski definition) is 2. The minimum Gasteiger partial charge on any atom is -0.381 e. The van der Waals surface area contributed by atoms with E-state index in [2.05, 4.69) is 10.6 Å². The highest BCUT2D eigenvalue weighted by Gasteiger charge is 2.51. The molecule has 6 nitrogen and oxygen atoms in total. The molecule has 3 aliphatic rings. The molecule has 1 atom stereocenters. The van der Waals surface area contributed by atoms with Gasteiger partial charge in [-0.1, -0.05) is 12.1 Å². The van der Waals surface area contributed by atoms with Crippen molar-refractivity contribution in [3.63, 3.8) is 0 Å². The quantitative estimate of drug-likeness (QED) is 0.812. The lowest BCUT2D eigenvalue weighted by Crippen LogP contribution is -2.44. The molecular weight excluding hydrogens is 361 g/mol. The summed E-state index contributed by atoms with van der Waals surface area (Å²) in [6.45, 7) is 3.25. The number of ether oxygens (including phenoxy) is 1. The van der Waals surface area contributed by atoms with Gasteiger partial charge in [0.15, 0.2) is 0 Å². The van der Waals surface area contributed by atoms with Gasteiger partial charge in [0, 0.05) is 44.8 Å². The number of hydrogen-bond acceptors (Lipinski definition) is 3.